The maximum atomic E-state index is 11.4. The lowest BCUT2D eigenvalue weighted by Crippen LogP contribution is -2.09. The van der Waals surface area contributed by atoms with Crippen LogP contribution in [0.1, 0.15) is 25.8 Å². The minimum atomic E-state index is -0.0685. The van der Waals surface area contributed by atoms with Crippen LogP contribution in [-0.4, -0.2) is 5.91 Å². The average molecular weight is 203 g/mol. The predicted octanol–water partition coefficient (Wildman–Crippen LogP) is 3.15. The molecule has 80 valence electrons. The summed E-state index contributed by atoms with van der Waals surface area (Å²) in [6, 6.07) is 7.92. The molecule has 0 aliphatic rings. The largest absolute Gasteiger partial charge is 0.322 e. The number of amides is 1. The van der Waals surface area contributed by atoms with Crippen molar-refractivity contribution in [3.63, 3.8) is 0 Å². The standard InChI is InChI=1S/C13H17NO/c1-3-7-11-9-5-6-10-12(11)14-13(15)8-4-2/h4-6,8-10H,3,7H2,1-2H3,(H,14,15)/b8-4+. The Hall–Kier alpha value is -1.57. The van der Waals surface area contributed by atoms with Crippen LogP contribution >= 0.6 is 0 Å². The van der Waals surface area contributed by atoms with E-state index in [1.54, 1.807) is 6.08 Å². The highest BCUT2D eigenvalue weighted by molar-refractivity contribution is 5.99. The summed E-state index contributed by atoms with van der Waals surface area (Å²) in [6.45, 7) is 3.96. The average Bonchev–Trinajstić information content (AvgIpc) is 2.21. The van der Waals surface area contributed by atoms with Crippen molar-refractivity contribution in [3.8, 4) is 0 Å². The molecule has 1 aromatic carbocycles. The van der Waals surface area contributed by atoms with Crippen LogP contribution < -0.4 is 5.32 Å². The van der Waals surface area contributed by atoms with Crippen LogP contribution in [0.15, 0.2) is 36.4 Å². The van der Waals surface area contributed by atoms with E-state index in [0.29, 0.717) is 0 Å². The number of hydrogen-bond acceptors (Lipinski definition) is 1. The lowest BCUT2D eigenvalue weighted by atomic mass is 10.1. The van der Waals surface area contributed by atoms with Gasteiger partial charge in [0, 0.05) is 5.69 Å². The molecule has 0 spiro atoms. The number of nitrogens with one attached hydrogen (secondary N) is 1. The summed E-state index contributed by atoms with van der Waals surface area (Å²) in [4.78, 5) is 11.4. The molecule has 1 rings (SSSR count). The second-order valence-corrected chi connectivity index (χ2v) is 3.40. The summed E-state index contributed by atoms with van der Waals surface area (Å²) < 4.78 is 0. The van der Waals surface area contributed by atoms with Gasteiger partial charge in [-0.05, 0) is 31.1 Å². The molecule has 0 saturated heterocycles. The number of para-hydroxylation sites is 1. The van der Waals surface area contributed by atoms with Crippen LogP contribution in [0, 0.1) is 0 Å². The van der Waals surface area contributed by atoms with E-state index in [-0.39, 0.29) is 5.91 Å². The van der Waals surface area contributed by atoms with Gasteiger partial charge >= 0.3 is 0 Å². The first-order valence-electron chi connectivity index (χ1n) is 5.29. The Morgan fingerprint density at radius 2 is 2.13 bits per heavy atom. The molecule has 2 heteroatoms. The summed E-state index contributed by atoms with van der Waals surface area (Å²) in [5, 5.41) is 2.87. The van der Waals surface area contributed by atoms with Gasteiger partial charge in [-0.1, -0.05) is 37.6 Å². The Kier molecular flexibility index (Phi) is 4.61. The number of allylic oxidation sites excluding steroid dienone is 1. The minimum absolute atomic E-state index is 0.0685. The van der Waals surface area contributed by atoms with Crippen molar-refractivity contribution in [2.45, 2.75) is 26.7 Å². The Labute approximate surface area is 91.0 Å². The van der Waals surface area contributed by atoms with Crippen LogP contribution in [0.4, 0.5) is 5.69 Å². The second-order valence-electron chi connectivity index (χ2n) is 3.40. The van der Waals surface area contributed by atoms with Crippen molar-refractivity contribution < 1.29 is 4.79 Å². The Morgan fingerprint density at radius 1 is 1.40 bits per heavy atom. The first-order chi connectivity index (χ1) is 7.27. The summed E-state index contributed by atoms with van der Waals surface area (Å²) in [6.07, 6.45) is 5.34. The molecule has 0 bridgehead atoms. The van der Waals surface area contributed by atoms with Gasteiger partial charge in [0.1, 0.15) is 0 Å². The van der Waals surface area contributed by atoms with Crippen LogP contribution in [0.3, 0.4) is 0 Å². The van der Waals surface area contributed by atoms with Gasteiger partial charge in [0.25, 0.3) is 0 Å². The smallest absolute Gasteiger partial charge is 0.248 e. The second kappa shape index (κ2) is 6.02. The van der Waals surface area contributed by atoms with Crippen LogP contribution in [0.5, 0.6) is 0 Å². The number of carbonyl (C=O) groups excluding carboxylic acids is 1. The quantitative estimate of drug-likeness (QED) is 0.748. The zero-order valence-electron chi connectivity index (χ0n) is 9.29. The molecule has 0 unspecified atom stereocenters. The zero-order chi connectivity index (χ0) is 11.1. The van der Waals surface area contributed by atoms with E-state index in [2.05, 4.69) is 18.3 Å². The van der Waals surface area contributed by atoms with Crippen LogP contribution in [0.2, 0.25) is 0 Å². The highest BCUT2D eigenvalue weighted by atomic mass is 16.1. The number of anilines is 1. The molecule has 0 heterocycles. The third-order valence-corrected chi connectivity index (χ3v) is 2.11. The van der Waals surface area contributed by atoms with E-state index in [4.69, 9.17) is 0 Å². The monoisotopic (exact) mass is 203 g/mol. The van der Waals surface area contributed by atoms with E-state index < -0.39 is 0 Å². The molecular weight excluding hydrogens is 186 g/mol. The molecule has 1 amide bonds. The van der Waals surface area contributed by atoms with Gasteiger partial charge in [-0.3, -0.25) is 4.79 Å². The third-order valence-electron chi connectivity index (χ3n) is 2.11. The van der Waals surface area contributed by atoms with Gasteiger partial charge in [-0.15, -0.1) is 0 Å². The number of benzene rings is 1. The fourth-order valence-corrected chi connectivity index (χ4v) is 1.46. The number of carbonyl (C=O) groups is 1. The van der Waals surface area contributed by atoms with Crippen LogP contribution in [-0.2, 0) is 11.2 Å². The molecule has 0 aliphatic carbocycles. The Bertz CT molecular complexity index is 355. The predicted molar refractivity (Wildman–Crippen MR) is 63.9 cm³/mol. The summed E-state index contributed by atoms with van der Waals surface area (Å²) in [7, 11) is 0. The highest BCUT2D eigenvalue weighted by Crippen LogP contribution is 2.16. The van der Waals surface area contributed by atoms with Gasteiger partial charge in [0.05, 0.1) is 0 Å². The first-order valence-corrected chi connectivity index (χ1v) is 5.29. The maximum absolute atomic E-state index is 11.4. The topological polar surface area (TPSA) is 29.1 Å². The van der Waals surface area contributed by atoms with Crippen molar-refractivity contribution >= 4 is 11.6 Å². The normalized spacial score (nSPS) is 10.5. The van der Waals surface area contributed by atoms with E-state index in [9.17, 15) is 4.79 Å². The molecule has 0 aliphatic heterocycles. The van der Waals surface area contributed by atoms with Crippen molar-refractivity contribution in [1.82, 2.24) is 0 Å². The van der Waals surface area contributed by atoms with Gasteiger partial charge in [-0.2, -0.15) is 0 Å². The summed E-state index contributed by atoms with van der Waals surface area (Å²) in [5.74, 6) is -0.0685. The Balaban J connectivity index is 2.79. The molecule has 1 N–H and O–H groups in total. The fourth-order valence-electron chi connectivity index (χ4n) is 1.46. The molecule has 0 aromatic heterocycles. The molecule has 0 fully saturated rings. The van der Waals surface area contributed by atoms with E-state index in [1.807, 2.05) is 25.1 Å². The van der Waals surface area contributed by atoms with Gasteiger partial charge in [0.2, 0.25) is 5.91 Å². The highest BCUT2D eigenvalue weighted by Gasteiger charge is 2.02. The lowest BCUT2D eigenvalue weighted by molar-refractivity contribution is -0.111. The number of rotatable bonds is 4. The maximum Gasteiger partial charge on any atom is 0.248 e. The van der Waals surface area contributed by atoms with Crippen LogP contribution in [0.25, 0.3) is 0 Å². The van der Waals surface area contributed by atoms with Gasteiger partial charge < -0.3 is 5.32 Å². The van der Waals surface area contributed by atoms with Crippen molar-refractivity contribution in [2.75, 3.05) is 5.32 Å². The van der Waals surface area contributed by atoms with E-state index >= 15 is 0 Å². The summed E-state index contributed by atoms with van der Waals surface area (Å²) in [5.41, 5.74) is 2.11. The van der Waals surface area contributed by atoms with Gasteiger partial charge in [0.15, 0.2) is 0 Å². The first kappa shape index (κ1) is 11.5. The van der Waals surface area contributed by atoms with Crippen molar-refractivity contribution in [1.29, 1.82) is 0 Å². The lowest BCUT2D eigenvalue weighted by Gasteiger charge is -2.08. The molecule has 2 nitrogen and oxygen atoms in total. The van der Waals surface area contributed by atoms with Gasteiger partial charge in [-0.25, -0.2) is 0 Å². The molecule has 1 aromatic rings. The van der Waals surface area contributed by atoms with Crippen molar-refractivity contribution in [3.05, 3.63) is 42.0 Å². The summed E-state index contributed by atoms with van der Waals surface area (Å²) >= 11 is 0. The Morgan fingerprint density at radius 3 is 2.80 bits per heavy atom. The zero-order valence-corrected chi connectivity index (χ0v) is 9.29. The number of aryl methyl sites for hydroxylation is 1. The fraction of sp³-hybridized carbons (Fsp3) is 0.308. The SMILES string of the molecule is C/C=C/C(=O)Nc1ccccc1CCC. The molecule has 0 atom stereocenters. The number of hydrogen-bond donors (Lipinski definition) is 1. The molecule has 15 heavy (non-hydrogen) atoms. The molecule has 0 radical (unpaired) electrons. The molecular formula is C13H17NO. The van der Waals surface area contributed by atoms with Crippen molar-refractivity contribution in [2.24, 2.45) is 0 Å². The molecule has 0 saturated carbocycles. The van der Waals surface area contributed by atoms with E-state index in [1.165, 1.54) is 11.6 Å². The third kappa shape index (κ3) is 3.58. The van der Waals surface area contributed by atoms with E-state index in [0.717, 1.165) is 18.5 Å². The minimum Gasteiger partial charge on any atom is -0.322 e.